The second-order valence-corrected chi connectivity index (χ2v) is 8.59. The topological polar surface area (TPSA) is 77.0 Å². The Balaban J connectivity index is 1.61. The molecule has 2 atom stereocenters. The Morgan fingerprint density at radius 3 is 2.54 bits per heavy atom. The number of methoxy groups -OCH3 is 1. The Bertz CT molecular complexity index is 1250. The van der Waals surface area contributed by atoms with Crippen molar-refractivity contribution >= 4 is 29.3 Å². The summed E-state index contributed by atoms with van der Waals surface area (Å²) in [6.07, 6.45) is 0.907. The summed E-state index contributed by atoms with van der Waals surface area (Å²) in [5.41, 5.74) is 2.72. The Hall–Kier alpha value is -3.71. The third-order valence-electron chi connectivity index (χ3n) is 5.78. The molecule has 1 aliphatic rings. The maximum Gasteiger partial charge on any atom is 0.341 e. The highest BCUT2D eigenvalue weighted by Gasteiger charge is 2.39. The zero-order valence-electron chi connectivity index (χ0n) is 19.0. The molecule has 6 nitrogen and oxygen atoms in total. The van der Waals surface area contributed by atoms with Crippen LogP contribution in [0.1, 0.15) is 29.2 Å². The van der Waals surface area contributed by atoms with Crippen LogP contribution in [0.2, 0.25) is 5.02 Å². The van der Waals surface area contributed by atoms with Crippen LogP contribution in [0.5, 0.6) is 5.75 Å². The van der Waals surface area contributed by atoms with Crippen LogP contribution in [0.25, 0.3) is 0 Å². The first kappa shape index (κ1) is 24.4. The van der Waals surface area contributed by atoms with E-state index in [9.17, 15) is 14.0 Å². The van der Waals surface area contributed by atoms with E-state index >= 15 is 0 Å². The van der Waals surface area contributed by atoms with E-state index in [1.54, 1.807) is 43.5 Å². The molecule has 180 valence electrons. The van der Waals surface area contributed by atoms with Crippen molar-refractivity contribution in [1.29, 1.82) is 0 Å². The van der Waals surface area contributed by atoms with Crippen LogP contribution in [0.4, 0.5) is 9.18 Å². The number of hydrogen-bond acceptors (Lipinski definition) is 4. The van der Waals surface area contributed by atoms with Crippen molar-refractivity contribution in [3.63, 3.8) is 0 Å². The van der Waals surface area contributed by atoms with E-state index in [0.717, 1.165) is 5.56 Å². The average Bonchev–Trinajstić information content (AvgIpc) is 2.86. The molecule has 2 amide bonds. The molecule has 0 radical (unpaired) electrons. The maximum atomic E-state index is 13.4. The Labute approximate surface area is 207 Å². The molecular formula is C27H24ClFN2O4. The van der Waals surface area contributed by atoms with Gasteiger partial charge >= 0.3 is 12.0 Å². The lowest BCUT2D eigenvalue weighted by Crippen LogP contribution is -2.45. The van der Waals surface area contributed by atoms with Gasteiger partial charge in [0.2, 0.25) is 0 Å². The molecule has 8 heteroatoms. The second-order valence-electron chi connectivity index (χ2n) is 8.15. The lowest BCUT2D eigenvalue weighted by molar-refractivity contribution is -0.148. The quantitative estimate of drug-likeness (QED) is 0.408. The van der Waals surface area contributed by atoms with Gasteiger partial charge < -0.3 is 14.8 Å². The highest BCUT2D eigenvalue weighted by atomic mass is 35.5. The van der Waals surface area contributed by atoms with Crippen LogP contribution < -0.4 is 10.1 Å². The second kappa shape index (κ2) is 11.1. The fraction of sp³-hybridized carbons (Fsp3) is 0.222. The summed E-state index contributed by atoms with van der Waals surface area (Å²) in [5.74, 6) is -1.16. The van der Waals surface area contributed by atoms with Gasteiger partial charge in [0, 0.05) is 10.7 Å². The third-order valence-corrected chi connectivity index (χ3v) is 6.01. The van der Waals surface area contributed by atoms with Crippen molar-refractivity contribution in [1.82, 2.24) is 5.32 Å². The number of carbonyl (C=O) groups is 2. The largest absolute Gasteiger partial charge is 0.497 e. The van der Waals surface area contributed by atoms with Crippen LogP contribution in [0, 0.1) is 11.7 Å². The molecule has 0 fully saturated rings. The Morgan fingerprint density at radius 1 is 1.03 bits per heavy atom. The molecule has 1 aliphatic heterocycles. The molecule has 1 N–H and O–H groups in total. The number of benzene rings is 3. The van der Waals surface area contributed by atoms with Gasteiger partial charge in [-0.05, 0) is 65.9 Å². The molecule has 35 heavy (non-hydrogen) atoms. The van der Waals surface area contributed by atoms with E-state index in [1.807, 2.05) is 24.3 Å². The molecule has 2 unspecified atom stereocenters. The van der Waals surface area contributed by atoms with Gasteiger partial charge in [-0.2, -0.15) is 0 Å². The number of urea groups is 1. The number of esters is 1. The van der Waals surface area contributed by atoms with E-state index in [0.29, 0.717) is 40.5 Å². The van der Waals surface area contributed by atoms with Crippen molar-refractivity contribution in [3.05, 3.63) is 100 Å². The number of nitrogens with zero attached hydrogens (tertiary/aromatic N) is 1. The molecule has 3 aromatic rings. The van der Waals surface area contributed by atoms with Gasteiger partial charge in [-0.15, -0.1) is 0 Å². The van der Waals surface area contributed by atoms with Crippen LogP contribution in [0.3, 0.4) is 0 Å². The van der Waals surface area contributed by atoms with Gasteiger partial charge in [0.25, 0.3) is 0 Å². The zero-order chi connectivity index (χ0) is 24.8. The number of aryl methyl sites for hydroxylation is 1. The number of rotatable bonds is 8. The number of carbonyl (C=O) groups excluding carboxylic acids is 2. The molecule has 4 rings (SSSR count). The SMILES string of the molecule is COc1cccc(C2NC(=O)N=C(CCc3cccc(Cl)c3)C2C(=O)OCc2ccc(F)cc2)c1. The summed E-state index contributed by atoms with van der Waals surface area (Å²) in [6, 6.07) is 19.1. The summed E-state index contributed by atoms with van der Waals surface area (Å²) in [5, 5.41) is 3.41. The smallest absolute Gasteiger partial charge is 0.341 e. The van der Waals surface area contributed by atoms with Crippen LogP contribution in [-0.2, 0) is 22.6 Å². The lowest BCUT2D eigenvalue weighted by Gasteiger charge is -2.31. The van der Waals surface area contributed by atoms with E-state index in [1.165, 1.54) is 12.1 Å². The molecule has 1 heterocycles. The Kier molecular flexibility index (Phi) is 7.77. The first-order valence-electron chi connectivity index (χ1n) is 11.1. The van der Waals surface area contributed by atoms with E-state index in [2.05, 4.69) is 10.3 Å². The van der Waals surface area contributed by atoms with Crippen LogP contribution in [-0.4, -0.2) is 24.8 Å². The van der Waals surface area contributed by atoms with Crippen molar-refractivity contribution in [2.45, 2.75) is 25.5 Å². The molecule has 0 saturated heterocycles. The summed E-state index contributed by atoms with van der Waals surface area (Å²) >= 11 is 6.11. The van der Waals surface area contributed by atoms with Crippen molar-refractivity contribution in [3.8, 4) is 5.75 Å². The molecule has 0 aromatic heterocycles. The van der Waals surface area contributed by atoms with E-state index in [-0.39, 0.29) is 12.4 Å². The minimum atomic E-state index is -0.848. The predicted octanol–water partition coefficient (Wildman–Crippen LogP) is 5.69. The van der Waals surface area contributed by atoms with E-state index in [4.69, 9.17) is 21.1 Å². The molecule has 0 aliphatic carbocycles. The molecule has 0 spiro atoms. The molecular weight excluding hydrogens is 471 g/mol. The normalized spacial score (nSPS) is 17.3. The van der Waals surface area contributed by atoms with Crippen molar-refractivity contribution in [2.24, 2.45) is 10.9 Å². The monoisotopic (exact) mass is 494 g/mol. The summed E-state index contributed by atoms with van der Waals surface area (Å²) in [6.45, 7) is -0.0318. The lowest BCUT2D eigenvalue weighted by atomic mass is 9.85. The number of aliphatic imine (C=N–C) groups is 1. The van der Waals surface area contributed by atoms with Crippen molar-refractivity contribution in [2.75, 3.05) is 7.11 Å². The number of amides is 2. The minimum Gasteiger partial charge on any atom is -0.497 e. The minimum absolute atomic E-state index is 0.0318. The van der Waals surface area contributed by atoms with E-state index < -0.39 is 24.0 Å². The maximum absolute atomic E-state index is 13.4. The fourth-order valence-electron chi connectivity index (χ4n) is 4.03. The first-order chi connectivity index (χ1) is 16.9. The zero-order valence-corrected chi connectivity index (χ0v) is 19.8. The van der Waals surface area contributed by atoms with Gasteiger partial charge in [0.1, 0.15) is 24.1 Å². The third kappa shape index (κ3) is 6.25. The number of halogens is 2. The van der Waals surface area contributed by atoms with Crippen LogP contribution in [0.15, 0.2) is 77.8 Å². The molecule has 0 bridgehead atoms. The number of nitrogens with one attached hydrogen (secondary N) is 1. The fourth-order valence-corrected chi connectivity index (χ4v) is 4.24. The van der Waals surface area contributed by atoms with Gasteiger partial charge in [-0.3, -0.25) is 4.79 Å². The highest BCUT2D eigenvalue weighted by molar-refractivity contribution is 6.30. The molecule has 3 aromatic carbocycles. The average molecular weight is 495 g/mol. The molecule has 0 saturated carbocycles. The Morgan fingerprint density at radius 2 is 1.80 bits per heavy atom. The summed E-state index contributed by atoms with van der Waals surface area (Å²) in [4.78, 5) is 30.1. The van der Waals surface area contributed by atoms with Crippen molar-refractivity contribution < 1.29 is 23.5 Å². The van der Waals surface area contributed by atoms with Gasteiger partial charge in [-0.1, -0.05) is 48.0 Å². The summed E-state index contributed by atoms with van der Waals surface area (Å²) < 4.78 is 24.2. The number of hydrogen-bond donors (Lipinski definition) is 1. The number of ether oxygens (including phenoxy) is 2. The van der Waals surface area contributed by atoms with Crippen LogP contribution >= 0.6 is 11.6 Å². The van der Waals surface area contributed by atoms with Gasteiger partial charge in [0.15, 0.2) is 0 Å². The predicted molar refractivity (Wildman–Crippen MR) is 131 cm³/mol. The first-order valence-corrected chi connectivity index (χ1v) is 11.5. The summed E-state index contributed by atoms with van der Waals surface area (Å²) in [7, 11) is 1.55. The standard InChI is InChI=1S/C27H24ClFN2O4/c1-34-22-7-3-5-19(15-22)25-24(26(32)35-16-18-8-11-21(29)12-9-18)23(30-27(33)31-25)13-10-17-4-2-6-20(28)14-17/h2-9,11-12,14-15,24-25H,10,13,16H2,1H3,(H,31,33). The van der Waals surface area contributed by atoms with Gasteiger partial charge in [0.05, 0.1) is 13.2 Å². The van der Waals surface area contributed by atoms with Gasteiger partial charge in [-0.25, -0.2) is 14.2 Å². The highest BCUT2D eigenvalue weighted by Crippen LogP contribution is 2.32.